The minimum Gasteiger partial charge on any atom is -0.166 e. The Bertz CT molecular complexity index is 767. The fourth-order valence-corrected chi connectivity index (χ4v) is 3.89. The second kappa shape index (κ2) is 5.86. The first kappa shape index (κ1) is 17.9. The predicted molar refractivity (Wildman–Crippen MR) is 84.0 cm³/mol. The Morgan fingerprint density at radius 1 is 0.476 bits per heavy atom. The Morgan fingerprint density at radius 3 is 1.19 bits per heavy atom. The zero-order valence-corrected chi connectivity index (χ0v) is 14.6. The third-order valence-corrected chi connectivity index (χ3v) is 5.65. The average Bonchev–Trinajstić information content (AvgIpc) is 2.36. The van der Waals surface area contributed by atoms with Crippen LogP contribution in [0.5, 0.6) is 0 Å². The normalized spacial score (nSPS) is 12.3. The molecule has 0 saturated carbocycles. The van der Waals surface area contributed by atoms with Crippen LogP contribution in [0.3, 0.4) is 0 Å². The number of alkyl halides is 3. The molecule has 0 aromatic heterocycles. The van der Waals surface area contributed by atoms with Crippen molar-refractivity contribution < 1.29 is 13.2 Å². The maximum absolute atomic E-state index is 13.1. The van der Waals surface area contributed by atoms with E-state index in [0.717, 1.165) is 0 Å². The fraction of sp³-hybridized carbons (Fsp3) is 0.0909. The van der Waals surface area contributed by atoms with Gasteiger partial charge in [-0.25, -0.2) is 0 Å². The molecule has 0 spiro atoms. The summed E-state index contributed by atoms with van der Waals surface area (Å²) < 4.78 is 39.2. The Hall–Kier alpha value is 0.520. The van der Waals surface area contributed by atoms with Crippen LogP contribution in [0.25, 0.3) is 10.8 Å². The van der Waals surface area contributed by atoms with Crippen LogP contribution < -0.4 is 0 Å². The zero-order valence-electron chi connectivity index (χ0n) is 9.28. The van der Waals surface area contributed by atoms with Crippen molar-refractivity contribution in [2.24, 2.45) is 0 Å². The molecule has 2 aromatic carbocycles. The molecular weight excluding hydrogens is 437 g/mol. The standard InChI is InChI=1S/C11Cl7F3/c12-4-1-2(7(15)10(18)9(17)6(1)14)5(13)8(16)3(4)11(19,20)21. The van der Waals surface area contributed by atoms with Crippen molar-refractivity contribution in [3.63, 3.8) is 0 Å². The fourth-order valence-electron chi connectivity index (χ4n) is 1.73. The van der Waals surface area contributed by atoms with Crippen molar-refractivity contribution in [3.05, 3.63) is 40.7 Å². The van der Waals surface area contributed by atoms with Gasteiger partial charge in [-0.05, 0) is 0 Å². The number of hydrogen-bond donors (Lipinski definition) is 0. The van der Waals surface area contributed by atoms with Gasteiger partial charge < -0.3 is 0 Å². The molecular formula is C11Cl7F3. The summed E-state index contributed by atoms with van der Waals surface area (Å²) in [5.41, 5.74) is -1.32. The maximum Gasteiger partial charge on any atom is 0.419 e. The summed E-state index contributed by atoms with van der Waals surface area (Å²) in [5, 5.41) is -3.25. The third-order valence-electron chi connectivity index (χ3n) is 2.62. The molecule has 0 aliphatic heterocycles. The molecule has 0 radical (unpaired) electrons. The summed E-state index contributed by atoms with van der Waals surface area (Å²) >= 11 is 40.9. The molecule has 0 heterocycles. The van der Waals surface area contributed by atoms with E-state index in [1.807, 2.05) is 0 Å². The molecule has 0 atom stereocenters. The van der Waals surface area contributed by atoms with E-state index in [2.05, 4.69) is 0 Å². The summed E-state index contributed by atoms with van der Waals surface area (Å²) in [6, 6.07) is 0. The van der Waals surface area contributed by atoms with Crippen molar-refractivity contribution in [2.45, 2.75) is 6.18 Å². The smallest absolute Gasteiger partial charge is 0.166 e. The van der Waals surface area contributed by atoms with Gasteiger partial charge in [0.25, 0.3) is 0 Å². The average molecular weight is 437 g/mol. The molecule has 10 heteroatoms. The van der Waals surface area contributed by atoms with Gasteiger partial charge in [-0.2, -0.15) is 13.2 Å². The molecule has 0 fully saturated rings. The monoisotopic (exact) mass is 434 g/mol. The Balaban J connectivity index is 3.19. The van der Waals surface area contributed by atoms with Gasteiger partial charge in [-0.15, -0.1) is 0 Å². The summed E-state index contributed by atoms with van der Waals surface area (Å²) in [6.07, 6.45) is -4.84. The molecule has 0 amide bonds. The highest BCUT2D eigenvalue weighted by atomic mass is 35.5. The lowest BCUT2D eigenvalue weighted by Gasteiger charge is -2.18. The predicted octanol–water partition coefficient (Wildman–Crippen LogP) is 8.43. The van der Waals surface area contributed by atoms with E-state index in [1.165, 1.54) is 0 Å². The summed E-state index contributed by atoms with van der Waals surface area (Å²) in [6.45, 7) is 0. The minimum atomic E-state index is -4.84. The molecule has 0 nitrogen and oxygen atoms in total. The highest BCUT2D eigenvalue weighted by molar-refractivity contribution is 6.59. The van der Waals surface area contributed by atoms with Crippen LogP contribution in [0.4, 0.5) is 13.2 Å². The quantitative estimate of drug-likeness (QED) is 0.287. The number of benzene rings is 2. The lowest BCUT2D eigenvalue weighted by Crippen LogP contribution is -2.08. The van der Waals surface area contributed by atoms with Crippen LogP contribution in [0.1, 0.15) is 5.56 Å². The van der Waals surface area contributed by atoms with Gasteiger partial charge >= 0.3 is 6.18 Å². The van der Waals surface area contributed by atoms with E-state index in [1.54, 1.807) is 0 Å². The van der Waals surface area contributed by atoms with Crippen molar-refractivity contribution >= 4 is 92.0 Å². The maximum atomic E-state index is 13.1. The number of hydrogen-bond acceptors (Lipinski definition) is 0. The van der Waals surface area contributed by atoms with Crippen molar-refractivity contribution in [1.82, 2.24) is 0 Å². The van der Waals surface area contributed by atoms with Crippen LogP contribution in [0, 0.1) is 0 Å². The Labute approximate surface area is 151 Å². The first-order valence-corrected chi connectivity index (χ1v) is 7.54. The molecule has 0 bridgehead atoms. The molecule has 21 heavy (non-hydrogen) atoms. The van der Waals surface area contributed by atoms with Crippen LogP contribution in [0.2, 0.25) is 35.2 Å². The highest BCUT2D eigenvalue weighted by Crippen LogP contribution is 2.53. The highest BCUT2D eigenvalue weighted by Gasteiger charge is 2.39. The van der Waals surface area contributed by atoms with Gasteiger partial charge in [-0.3, -0.25) is 0 Å². The topological polar surface area (TPSA) is 0 Å². The Morgan fingerprint density at radius 2 is 0.810 bits per heavy atom. The first-order chi connectivity index (χ1) is 9.50. The van der Waals surface area contributed by atoms with Crippen molar-refractivity contribution in [1.29, 1.82) is 0 Å². The summed E-state index contributed by atoms with van der Waals surface area (Å²) in [4.78, 5) is 0. The molecule has 114 valence electrons. The lowest BCUT2D eigenvalue weighted by molar-refractivity contribution is -0.137. The van der Waals surface area contributed by atoms with Crippen LogP contribution in [0.15, 0.2) is 0 Å². The van der Waals surface area contributed by atoms with Gasteiger partial charge in [0.1, 0.15) is 0 Å². The van der Waals surface area contributed by atoms with Gasteiger partial charge in [0.15, 0.2) is 0 Å². The van der Waals surface area contributed by atoms with E-state index in [9.17, 15) is 13.2 Å². The first-order valence-electron chi connectivity index (χ1n) is 4.89. The lowest BCUT2D eigenvalue weighted by atomic mass is 10.1. The van der Waals surface area contributed by atoms with Crippen LogP contribution in [-0.4, -0.2) is 0 Å². The second-order valence-corrected chi connectivity index (χ2v) is 6.47. The van der Waals surface area contributed by atoms with E-state index in [4.69, 9.17) is 81.2 Å². The van der Waals surface area contributed by atoms with Crippen molar-refractivity contribution in [3.8, 4) is 0 Å². The van der Waals surface area contributed by atoms with Gasteiger partial charge in [0.05, 0.1) is 40.7 Å². The minimum absolute atomic E-state index is 0.0965. The van der Waals surface area contributed by atoms with Gasteiger partial charge in [-0.1, -0.05) is 81.2 Å². The van der Waals surface area contributed by atoms with E-state index >= 15 is 0 Å². The summed E-state index contributed by atoms with van der Waals surface area (Å²) in [5.74, 6) is 0. The zero-order chi connectivity index (χ0) is 16.3. The Kier molecular flexibility index (Phi) is 4.99. The number of rotatable bonds is 0. The third kappa shape index (κ3) is 2.76. The van der Waals surface area contributed by atoms with Gasteiger partial charge in [0.2, 0.25) is 0 Å². The molecule has 2 rings (SSSR count). The van der Waals surface area contributed by atoms with E-state index in [-0.39, 0.29) is 30.9 Å². The second-order valence-electron chi connectivity index (χ2n) is 3.82. The molecule has 0 aliphatic carbocycles. The van der Waals surface area contributed by atoms with Crippen LogP contribution >= 0.6 is 81.2 Å². The summed E-state index contributed by atoms with van der Waals surface area (Å²) in [7, 11) is 0. The van der Waals surface area contributed by atoms with E-state index < -0.39 is 26.8 Å². The molecule has 0 aliphatic rings. The number of halogens is 10. The largest absolute Gasteiger partial charge is 0.419 e. The molecule has 0 unspecified atom stereocenters. The SMILES string of the molecule is FC(F)(F)c1c(Cl)c(Cl)c2c(Cl)c(Cl)c(Cl)c(Cl)c2c1Cl. The molecule has 2 aromatic rings. The molecule has 0 saturated heterocycles. The van der Waals surface area contributed by atoms with Crippen LogP contribution in [-0.2, 0) is 6.18 Å². The number of fused-ring (bicyclic) bond motifs is 1. The van der Waals surface area contributed by atoms with Crippen molar-refractivity contribution in [2.75, 3.05) is 0 Å². The van der Waals surface area contributed by atoms with E-state index in [0.29, 0.717) is 0 Å². The molecule has 0 N–H and O–H groups in total. The van der Waals surface area contributed by atoms with Gasteiger partial charge in [0, 0.05) is 10.8 Å².